The first-order valence-electron chi connectivity index (χ1n) is 12.0. The number of hydrogen-bond donors (Lipinski definition) is 0. The van der Waals surface area contributed by atoms with E-state index in [1.54, 1.807) is 17.4 Å². The molecule has 5 rings (SSSR count). The summed E-state index contributed by atoms with van der Waals surface area (Å²) in [5.74, 6) is 0. The molecule has 3 nitrogen and oxygen atoms in total. The molecule has 4 heteroatoms. The van der Waals surface area contributed by atoms with Crippen LogP contribution in [-0.4, -0.2) is 0 Å². The Hall–Kier alpha value is -4.12. The minimum absolute atomic E-state index is 0.116. The van der Waals surface area contributed by atoms with Crippen molar-refractivity contribution >= 4 is 34.5 Å². The molecule has 3 aromatic carbocycles. The minimum atomic E-state index is -0.185. The average Bonchev–Trinajstić information content (AvgIpc) is 3.38. The number of nitrogens with zero attached hydrogens (tertiary/aromatic N) is 3. The molecule has 1 aliphatic rings. The fourth-order valence-corrected chi connectivity index (χ4v) is 6.36. The van der Waals surface area contributed by atoms with Crippen LogP contribution in [0.3, 0.4) is 0 Å². The topological polar surface area (TPSA) is 31.4 Å². The zero-order chi connectivity index (χ0) is 25.6. The van der Waals surface area contributed by atoms with Crippen LogP contribution in [0, 0.1) is 38.7 Å². The number of thiophene rings is 1. The summed E-state index contributed by atoms with van der Waals surface area (Å²) in [6.45, 7) is 18.3. The molecule has 36 heavy (non-hydrogen) atoms. The number of aryl methyl sites for hydroxylation is 2. The van der Waals surface area contributed by atoms with E-state index in [0.29, 0.717) is 0 Å². The largest absolute Gasteiger partial charge is 0.310 e. The van der Waals surface area contributed by atoms with Crippen molar-refractivity contribution in [3.05, 3.63) is 117 Å². The third-order valence-electron chi connectivity index (χ3n) is 7.30. The maximum Gasteiger partial charge on any atom is 0.263 e. The van der Waals surface area contributed by atoms with Crippen molar-refractivity contribution in [1.29, 1.82) is 5.26 Å². The van der Waals surface area contributed by atoms with Gasteiger partial charge in [-0.2, -0.15) is 0 Å². The first-order valence-corrected chi connectivity index (χ1v) is 12.8. The summed E-state index contributed by atoms with van der Waals surface area (Å²) >= 11 is 1.65. The molecule has 1 heterocycles. The van der Waals surface area contributed by atoms with Gasteiger partial charge in [0.05, 0.1) is 12.6 Å². The summed E-state index contributed by atoms with van der Waals surface area (Å²) in [7, 11) is 0. The van der Waals surface area contributed by atoms with E-state index in [0.717, 1.165) is 21.9 Å². The van der Waals surface area contributed by atoms with Gasteiger partial charge < -0.3 is 4.90 Å². The van der Waals surface area contributed by atoms with Crippen molar-refractivity contribution in [2.24, 2.45) is 0 Å². The Morgan fingerprint density at radius 2 is 1.61 bits per heavy atom. The second-order valence-electron chi connectivity index (χ2n) is 9.88. The Bertz CT molecular complexity index is 1570. The van der Waals surface area contributed by atoms with Gasteiger partial charge in [-0.15, -0.1) is 11.3 Å². The van der Waals surface area contributed by atoms with E-state index in [-0.39, 0.29) is 11.1 Å². The van der Waals surface area contributed by atoms with Gasteiger partial charge in [-0.3, -0.25) is 0 Å². The SMILES string of the molecule is [C-]#[N+]/C(C#N)=C\c1cc2c(s1)-c1ccc(N(c3ccccc3)c3cc(C)c(C)c(C)c3)cc1C2(C)C. The molecule has 0 bridgehead atoms. The Morgan fingerprint density at radius 1 is 0.917 bits per heavy atom. The predicted molar refractivity (Wildman–Crippen MR) is 151 cm³/mol. The van der Waals surface area contributed by atoms with Crippen LogP contribution in [0.4, 0.5) is 17.1 Å². The molecule has 0 amide bonds. The van der Waals surface area contributed by atoms with E-state index < -0.39 is 0 Å². The Labute approximate surface area is 217 Å². The average molecular weight is 486 g/mol. The van der Waals surface area contributed by atoms with Crippen LogP contribution < -0.4 is 4.90 Å². The third-order valence-corrected chi connectivity index (χ3v) is 8.42. The lowest BCUT2D eigenvalue weighted by Gasteiger charge is -2.29. The number of para-hydroxylation sites is 1. The highest BCUT2D eigenvalue weighted by atomic mass is 32.1. The fourth-order valence-electron chi connectivity index (χ4n) is 5.07. The Kier molecular flexibility index (Phi) is 5.79. The van der Waals surface area contributed by atoms with E-state index in [1.165, 1.54) is 38.3 Å². The lowest BCUT2D eigenvalue weighted by molar-refractivity contribution is 0.662. The zero-order valence-electron chi connectivity index (χ0n) is 21.2. The van der Waals surface area contributed by atoms with Gasteiger partial charge >= 0.3 is 0 Å². The van der Waals surface area contributed by atoms with Crippen molar-refractivity contribution in [2.45, 2.75) is 40.0 Å². The number of hydrogen-bond acceptors (Lipinski definition) is 3. The molecular weight excluding hydrogens is 458 g/mol. The molecule has 0 radical (unpaired) electrons. The fraction of sp³-hybridized carbons (Fsp3) is 0.188. The standard InChI is InChI=1S/C32H27N3S/c1-20-14-26(15-21(2)22(20)3)35(24-10-8-7-9-11-24)25-12-13-28-29(17-25)32(4,5)30-18-27(36-31(28)30)16-23(19-33)34-6/h7-18H,1-5H3/b23-16-. The molecule has 0 fully saturated rings. The highest BCUT2D eigenvalue weighted by Gasteiger charge is 2.37. The van der Waals surface area contributed by atoms with Gasteiger partial charge in [-0.25, -0.2) is 10.1 Å². The Balaban J connectivity index is 1.66. The molecule has 1 aliphatic carbocycles. The highest BCUT2D eigenvalue weighted by molar-refractivity contribution is 7.16. The van der Waals surface area contributed by atoms with Gasteiger partial charge in [0.1, 0.15) is 0 Å². The summed E-state index contributed by atoms with van der Waals surface area (Å²) in [5.41, 5.74) is 11.0. The van der Waals surface area contributed by atoms with Crippen molar-refractivity contribution in [2.75, 3.05) is 4.90 Å². The summed E-state index contributed by atoms with van der Waals surface area (Å²) in [4.78, 5) is 7.84. The third kappa shape index (κ3) is 3.81. The Morgan fingerprint density at radius 3 is 2.25 bits per heavy atom. The molecule has 1 aromatic heterocycles. The number of benzene rings is 3. The van der Waals surface area contributed by atoms with Crippen LogP contribution in [0.1, 0.15) is 46.5 Å². The van der Waals surface area contributed by atoms with Crippen molar-refractivity contribution < 1.29 is 0 Å². The van der Waals surface area contributed by atoms with Gasteiger partial charge in [0, 0.05) is 32.2 Å². The molecule has 0 N–H and O–H groups in total. The van der Waals surface area contributed by atoms with Gasteiger partial charge in [0.2, 0.25) is 0 Å². The molecule has 0 saturated heterocycles. The summed E-state index contributed by atoms with van der Waals surface area (Å²) < 4.78 is 0. The molecule has 0 spiro atoms. The predicted octanol–water partition coefficient (Wildman–Crippen LogP) is 9.23. The minimum Gasteiger partial charge on any atom is -0.310 e. The van der Waals surface area contributed by atoms with Gasteiger partial charge in [-0.05, 0) is 103 Å². The highest BCUT2D eigenvalue weighted by Crippen LogP contribution is 2.54. The summed E-state index contributed by atoms with van der Waals surface area (Å²) in [6.07, 6.45) is 1.69. The maximum atomic E-state index is 9.18. The summed E-state index contributed by atoms with van der Waals surface area (Å²) in [5, 5.41) is 9.18. The molecule has 4 aromatic rings. The number of nitriles is 1. The number of anilines is 3. The zero-order valence-corrected chi connectivity index (χ0v) is 22.0. The molecule has 0 aliphatic heterocycles. The van der Waals surface area contributed by atoms with E-state index in [1.807, 2.05) is 6.07 Å². The lowest BCUT2D eigenvalue weighted by atomic mass is 9.82. The first kappa shape index (κ1) is 23.6. The molecule has 0 saturated carbocycles. The van der Waals surface area contributed by atoms with E-state index in [2.05, 4.69) is 111 Å². The number of rotatable bonds is 4. The van der Waals surface area contributed by atoms with Crippen LogP contribution in [0.25, 0.3) is 21.4 Å². The van der Waals surface area contributed by atoms with E-state index >= 15 is 0 Å². The maximum absolute atomic E-state index is 9.18. The summed E-state index contributed by atoms with van der Waals surface area (Å²) in [6, 6.07) is 25.9. The number of allylic oxidation sites excluding steroid dienone is 1. The van der Waals surface area contributed by atoms with Gasteiger partial charge in [0.15, 0.2) is 0 Å². The van der Waals surface area contributed by atoms with E-state index in [9.17, 15) is 5.26 Å². The van der Waals surface area contributed by atoms with Crippen LogP contribution in [0.5, 0.6) is 0 Å². The first-order chi connectivity index (χ1) is 17.2. The van der Waals surface area contributed by atoms with Crippen LogP contribution >= 0.6 is 11.3 Å². The molecule has 0 unspecified atom stereocenters. The molecule has 176 valence electrons. The second-order valence-corrected chi connectivity index (χ2v) is 11.0. The number of fused-ring (bicyclic) bond motifs is 3. The van der Waals surface area contributed by atoms with Crippen molar-refractivity contribution in [3.8, 4) is 16.5 Å². The van der Waals surface area contributed by atoms with Crippen LogP contribution in [-0.2, 0) is 5.41 Å². The normalized spacial score (nSPS) is 13.5. The molecule has 0 atom stereocenters. The van der Waals surface area contributed by atoms with Crippen molar-refractivity contribution in [3.63, 3.8) is 0 Å². The van der Waals surface area contributed by atoms with Crippen molar-refractivity contribution in [1.82, 2.24) is 0 Å². The molecular formula is C32H27N3S. The van der Waals surface area contributed by atoms with Crippen LogP contribution in [0.15, 0.2) is 72.4 Å². The lowest BCUT2D eigenvalue weighted by Crippen LogP contribution is -2.16. The smallest absolute Gasteiger partial charge is 0.263 e. The van der Waals surface area contributed by atoms with Gasteiger partial charge in [0.25, 0.3) is 5.70 Å². The monoisotopic (exact) mass is 485 g/mol. The second kappa shape index (κ2) is 8.83. The van der Waals surface area contributed by atoms with Gasteiger partial charge in [-0.1, -0.05) is 38.1 Å². The quantitative estimate of drug-likeness (QED) is 0.213. The van der Waals surface area contributed by atoms with Crippen LogP contribution in [0.2, 0.25) is 0 Å². The van der Waals surface area contributed by atoms with E-state index in [4.69, 9.17) is 6.57 Å².